The molecule has 5 heteroatoms. The van der Waals surface area contributed by atoms with Gasteiger partial charge in [0.2, 0.25) is 0 Å². The Morgan fingerprint density at radius 1 is 1.05 bits per heavy atom. The Hall–Kier alpha value is -2.04. The Morgan fingerprint density at radius 2 is 1.75 bits per heavy atom. The molecule has 0 spiro atoms. The van der Waals surface area contributed by atoms with Gasteiger partial charge in [0.25, 0.3) is 11.7 Å². The number of likely N-dealkylation sites (tertiary alicyclic amines) is 1. The van der Waals surface area contributed by atoms with E-state index in [4.69, 9.17) is 9.47 Å². The molecule has 0 saturated carbocycles. The van der Waals surface area contributed by atoms with Crippen molar-refractivity contribution >= 4 is 11.7 Å². The van der Waals surface area contributed by atoms with Crippen molar-refractivity contribution in [1.82, 2.24) is 4.90 Å². The second-order valence-electron chi connectivity index (χ2n) is 4.75. The Bertz CT molecular complexity index is 507. The third-order valence-electron chi connectivity index (χ3n) is 3.49. The van der Waals surface area contributed by atoms with E-state index in [2.05, 4.69) is 0 Å². The summed E-state index contributed by atoms with van der Waals surface area (Å²) in [6.45, 7) is 1.30. The summed E-state index contributed by atoms with van der Waals surface area (Å²) in [5, 5.41) is 0. The summed E-state index contributed by atoms with van der Waals surface area (Å²) in [5.41, 5.74) is 0.252. The number of nitrogens with zero attached hydrogens (tertiary/aromatic N) is 1. The van der Waals surface area contributed by atoms with Crippen molar-refractivity contribution in [2.45, 2.75) is 19.3 Å². The SMILES string of the molecule is COc1ccc(OC)c(C(=O)C(=O)N2CCCCC2)c1. The van der Waals surface area contributed by atoms with Crippen molar-refractivity contribution in [2.75, 3.05) is 27.3 Å². The van der Waals surface area contributed by atoms with Crippen LogP contribution in [0.5, 0.6) is 11.5 Å². The number of rotatable bonds is 4. The number of ketones is 1. The van der Waals surface area contributed by atoms with Crippen molar-refractivity contribution in [3.8, 4) is 11.5 Å². The van der Waals surface area contributed by atoms with Crippen molar-refractivity contribution in [3.63, 3.8) is 0 Å². The third-order valence-corrected chi connectivity index (χ3v) is 3.49. The van der Waals surface area contributed by atoms with Crippen molar-refractivity contribution in [3.05, 3.63) is 23.8 Å². The van der Waals surface area contributed by atoms with E-state index in [1.807, 2.05) is 0 Å². The van der Waals surface area contributed by atoms with Crippen LogP contribution >= 0.6 is 0 Å². The van der Waals surface area contributed by atoms with E-state index in [1.165, 1.54) is 14.2 Å². The molecule has 1 aliphatic rings. The molecule has 1 aromatic carbocycles. The first-order valence-electron chi connectivity index (χ1n) is 6.73. The lowest BCUT2D eigenvalue weighted by Gasteiger charge is -2.26. The van der Waals surface area contributed by atoms with Gasteiger partial charge in [-0.05, 0) is 37.5 Å². The van der Waals surface area contributed by atoms with Crippen LogP contribution in [0.1, 0.15) is 29.6 Å². The summed E-state index contributed by atoms with van der Waals surface area (Å²) in [4.78, 5) is 26.2. The monoisotopic (exact) mass is 277 g/mol. The summed E-state index contributed by atoms with van der Waals surface area (Å²) in [5.74, 6) is -0.0827. The first-order valence-corrected chi connectivity index (χ1v) is 6.73. The van der Waals surface area contributed by atoms with Crippen LogP contribution in [-0.2, 0) is 4.79 Å². The summed E-state index contributed by atoms with van der Waals surface area (Å²) < 4.78 is 10.3. The molecule has 0 radical (unpaired) electrons. The van der Waals surface area contributed by atoms with Gasteiger partial charge < -0.3 is 14.4 Å². The van der Waals surface area contributed by atoms with Gasteiger partial charge in [0, 0.05) is 13.1 Å². The Labute approximate surface area is 118 Å². The molecule has 1 fully saturated rings. The number of hydrogen-bond donors (Lipinski definition) is 0. The fraction of sp³-hybridized carbons (Fsp3) is 0.467. The van der Waals surface area contributed by atoms with Gasteiger partial charge in [0.15, 0.2) is 0 Å². The average molecular weight is 277 g/mol. The normalized spacial score (nSPS) is 14.8. The summed E-state index contributed by atoms with van der Waals surface area (Å²) >= 11 is 0. The summed E-state index contributed by atoms with van der Waals surface area (Å²) in [6.07, 6.45) is 3.02. The molecule has 0 aliphatic carbocycles. The number of carbonyl (C=O) groups is 2. The predicted octanol–water partition coefficient (Wildman–Crippen LogP) is 1.90. The van der Waals surface area contributed by atoms with Crippen LogP contribution < -0.4 is 9.47 Å². The molecule has 108 valence electrons. The van der Waals surface area contributed by atoms with E-state index in [9.17, 15) is 9.59 Å². The zero-order valence-electron chi connectivity index (χ0n) is 11.8. The maximum atomic E-state index is 12.4. The first-order chi connectivity index (χ1) is 9.67. The van der Waals surface area contributed by atoms with Gasteiger partial charge >= 0.3 is 0 Å². The number of ether oxygens (including phenoxy) is 2. The maximum absolute atomic E-state index is 12.4. The molecule has 1 aliphatic heterocycles. The van der Waals surface area contributed by atoms with Crippen LogP contribution in [0.25, 0.3) is 0 Å². The topological polar surface area (TPSA) is 55.8 Å². The summed E-state index contributed by atoms with van der Waals surface area (Å²) in [7, 11) is 2.99. The van der Waals surface area contributed by atoms with Crippen LogP contribution in [0, 0.1) is 0 Å². The fourth-order valence-electron chi connectivity index (χ4n) is 2.35. The van der Waals surface area contributed by atoms with Crippen LogP contribution in [0.4, 0.5) is 0 Å². The highest BCUT2D eigenvalue weighted by Gasteiger charge is 2.27. The molecule has 0 N–H and O–H groups in total. The highest BCUT2D eigenvalue weighted by Crippen LogP contribution is 2.25. The molecule has 1 saturated heterocycles. The van der Waals surface area contributed by atoms with E-state index in [0.717, 1.165) is 19.3 Å². The highest BCUT2D eigenvalue weighted by atomic mass is 16.5. The lowest BCUT2D eigenvalue weighted by molar-refractivity contribution is -0.127. The minimum absolute atomic E-state index is 0.252. The predicted molar refractivity (Wildman–Crippen MR) is 74.3 cm³/mol. The Morgan fingerprint density at radius 3 is 2.35 bits per heavy atom. The molecule has 0 unspecified atom stereocenters. The number of amides is 1. The lowest BCUT2D eigenvalue weighted by atomic mass is 10.1. The van der Waals surface area contributed by atoms with Gasteiger partial charge in [-0.15, -0.1) is 0 Å². The molecular formula is C15H19NO4. The second-order valence-corrected chi connectivity index (χ2v) is 4.75. The molecule has 2 rings (SSSR count). The van der Waals surface area contributed by atoms with Crippen LogP contribution in [0.3, 0.4) is 0 Å². The maximum Gasteiger partial charge on any atom is 0.295 e. The molecule has 1 heterocycles. The third kappa shape index (κ3) is 2.92. The van der Waals surface area contributed by atoms with E-state index in [1.54, 1.807) is 23.1 Å². The summed E-state index contributed by atoms with van der Waals surface area (Å²) in [6, 6.07) is 4.87. The highest BCUT2D eigenvalue weighted by molar-refractivity contribution is 6.43. The number of carbonyl (C=O) groups excluding carboxylic acids is 2. The van der Waals surface area contributed by atoms with Gasteiger partial charge in [0.05, 0.1) is 19.8 Å². The van der Waals surface area contributed by atoms with Gasteiger partial charge in [0.1, 0.15) is 11.5 Å². The molecule has 1 amide bonds. The number of piperidine rings is 1. The van der Waals surface area contributed by atoms with Crippen LogP contribution in [-0.4, -0.2) is 43.9 Å². The van der Waals surface area contributed by atoms with Crippen LogP contribution in [0.15, 0.2) is 18.2 Å². The van der Waals surface area contributed by atoms with E-state index in [-0.39, 0.29) is 5.56 Å². The molecule has 5 nitrogen and oxygen atoms in total. The Balaban J connectivity index is 2.24. The minimum Gasteiger partial charge on any atom is -0.497 e. The minimum atomic E-state index is -0.539. The van der Waals surface area contributed by atoms with E-state index >= 15 is 0 Å². The average Bonchev–Trinajstić information content (AvgIpc) is 2.53. The Kier molecular flexibility index (Phi) is 4.61. The van der Waals surface area contributed by atoms with Gasteiger partial charge in [-0.1, -0.05) is 0 Å². The van der Waals surface area contributed by atoms with Crippen molar-refractivity contribution in [2.24, 2.45) is 0 Å². The molecule has 0 bridgehead atoms. The fourth-order valence-corrected chi connectivity index (χ4v) is 2.35. The number of hydrogen-bond acceptors (Lipinski definition) is 4. The largest absolute Gasteiger partial charge is 0.497 e. The van der Waals surface area contributed by atoms with E-state index < -0.39 is 11.7 Å². The molecular weight excluding hydrogens is 258 g/mol. The first kappa shape index (κ1) is 14.4. The zero-order chi connectivity index (χ0) is 14.5. The molecule has 1 aromatic rings. The van der Waals surface area contributed by atoms with Crippen molar-refractivity contribution < 1.29 is 19.1 Å². The van der Waals surface area contributed by atoms with E-state index in [0.29, 0.717) is 24.6 Å². The molecule has 0 atom stereocenters. The number of benzene rings is 1. The number of methoxy groups -OCH3 is 2. The zero-order valence-corrected chi connectivity index (χ0v) is 11.8. The second kappa shape index (κ2) is 6.41. The van der Waals surface area contributed by atoms with Gasteiger partial charge in [-0.2, -0.15) is 0 Å². The molecule has 20 heavy (non-hydrogen) atoms. The smallest absolute Gasteiger partial charge is 0.295 e. The number of Topliss-reactive ketones (excluding diaryl/α,β-unsaturated/α-hetero) is 1. The standard InChI is InChI=1S/C15H19NO4/c1-19-11-6-7-13(20-2)12(10-11)14(17)15(18)16-8-4-3-5-9-16/h6-7,10H,3-5,8-9H2,1-2H3. The van der Waals surface area contributed by atoms with Crippen molar-refractivity contribution in [1.29, 1.82) is 0 Å². The quantitative estimate of drug-likeness (QED) is 0.623. The lowest BCUT2D eigenvalue weighted by Crippen LogP contribution is -2.40. The van der Waals surface area contributed by atoms with Gasteiger partial charge in [-0.25, -0.2) is 0 Å². The van der Waals surface area contributed by atoms with Gasteiger partial charge in [-0.3, -0.25) is 9.59 Å². The van der Waals surface area contributed by atoms with Crippen LogP contribution in [0.2, 0.25) is 0 Å². The molecule has 0 aromatic heterocycles.